The molecule has 7 nitrogen and oxygen atoms in total. The van der Waals surface area contributed by atoms with Crippen LogP contribution in [0.3, 0.4) is 0 Å². The molecule has 3 aromatic rings. The van der Waals surface area contributed by atoms with Crippen molar-refractivity contribution in [3.8, 4) is 5.13 Å². The summed E-state index contributed by atoms with van der Waals surface area (Å²) in [6, 6.07) is 5.82. The van der Waals surface area contributed by atoms with Crippen LogP contribution in [-0.2, 0) is 4.79 Å². The average Bonchev–Trinajstić information content (AvgIpc) is 3.34. The molecule has 0 radical (unpaired) electrons. The molecular weight excluding hydrogens is 348 g/mol. The van der Waals surface area contributed by atoms with E-state index in [1.54, 1.807) is 29.3 Å². The van der Waals surface area contributed by atoms with Gasteiger partial charge in [-0.05, 0) is 25.0 Å². The fourth-order valence-corrected chi connectivity index (χ4v) is 3.71. The summed E-state index contributed by atoms with van der Waals surface area (Å²) in [7, 11) is 0. The zero-order valence-electron chi connectivity index (χ0n) is 14.5. The number of carbonyl (C=O) groups is 1. The lowest BCUT2D eigenvalue weighted by atomic mass is 9.79. The largest absolute Gasteiger partial charge is 0.371 e. The molecule has 1 amide bonds. The van der Waals surface area contributed by atoms with Crippen LogP contribution >= 0.6 is 11.3 Å². The SMILES string of the molecule is CC1(C(=O)Nc2ccn(-c3nccs3)n2)CCN(c2ccncc2)CC1. The van der Waals surface area contributed by atoms with Gasteiger partial charge >= 0.3 is 0 Å². The minimum atomic E-state index is -0.394. The number of carbonyl (C=O) groups excluding carboxylic acids is 1. The van der Waals surface area contributed by atoms with Crippen molar-refractivity contribution in [2.24, 2.45) is 5.41 Å². The van der Waals surface area contributed by atoms with Crippen molar-refractivity contribution in [3.05, 3.63) is 48.4 Å². The highest BCUT2D eigenvalue weighted by Gasteiger charge is 2.37. The first kappa shape index (κ1) is 16.7. The van der Waals surface area contributed by atoms with Gasteiger partial charge in [-0.3, -0.25) is 9.78 Å². The predicted molar refractivity (Wildman–Crippen MR) is 102 cm³/mol. The van der Waals surface area contributed by atoms with E-state index in [4.69, 9.17) is 0 Å². The molecule has 3 aromatic heterocycles. The molecule has 26 heavy (non-hydrogen) atoms. The van der Waals surface area contributed by atoms with Crippen molar-refractivity contribution >= 4 is 28.7 Å². The van der Waals surface area contributed by atoms with Gasteiger partial charge in [0.2, 0.25) is 11.0 Å². The number of thiazole rings is 1. The van der Waals surface area contributed by atoms with E-state index < -0.39 is 5.41 Å². The van der Waals surface area contributed by atoms with Gasteiger partial charge < -0.3 is 10.2 Å². The number of pyridine rings is 1. The van der Waals surface area contributed by atoms with Crippen LogP contribution in [0.2, 0.25) is 0 Å². The highest BCUT2D eigenvalue weighted by molar-refractivity contribution is 7.12. The van der Waals surface area contributed by atoms with Crippen molar-refractivity contribution in [3.63, 3.8) is 0 Å². The molecule has 1 N–H and O–H groups in total. The van der Waals surface area contributed by atoms with Crippen LogP contribution in [0.1, 0.15) is 19.8 Å². The van der Waals surface area contributed by atoms with Crippen molar-refractivity contribution in [2.75, 3.05) is 23.3 Å². The van der Waals surface area contributed by atoms with E-state index in [2.05, 4.69) is 25.3 Å². The summed E-state index contributed by atoms with van der Waals surface area (Å²) >= 11 is 1.50. The van der Waals surface area contributed by atoms with Gasteiger partial charge in [-0.1, -0.05) is 6.92 Å². The van der Waals surface area contributed by atoms with Gasteiger partial charge in [-0.2, -0.15) is 0 Å². The Hall–Kier alpha value is -2.74. The lowest BCUT2D eigenvalue weighted by Crippen LogP contribution is -2.45. The quantitative estimate of drug-likeness (QED) is 0.766. The Bertz CT molecular complexity index is 868. The molecule has 0 aromatic carbocycles. The van der Waals surface area contributed by atoms with E-state index >= 15 is 0 Å². The molecule has 0 aliphatic carbocycles. The third-order valence-corrected chi connectivity index (χ3v) is 5.65. The van der Waals surface area contributed by atoms with Crippen LogP contribution in [0.25, 0.3) is 5.13 Å². The summed E-state index contributed by atoms with van der Waals surface area (Å²) in [6.07, 6.45) is 8.74. The molecule has 4 heterocycles. The molecule has 0 unspecified atom stereocenters. The number of hydrogen-bond acceptors (Lipinski definition) is 6. The molecule has 0 atom stereocenters. The van der Waals surface area contributed by atoms with Crippen molar-refractivity contribution in [1.82, 2.24) is 19.7 Å². The Morgan fingerprint density at radius 1 is 1.19 bits per heavy atom. The summed E-state index contributed by atoms with van der Waals surface area (Å²) < 4.78 is 1.68. The summed E-state index contributed by atoms with van der Waals surface area (Å²) in [5.41, 5.74) is 0.763. The predicted octanol–water partition coefficient (Wildman–Crippen LogP) is 2.97. The normalized spacial score (nSPS) is 16.4. The standard InChI is InChI=1S/C18H20N6OS/c1-18(5-11-23(12-6-18)14-2-7-19-8-3-14)16(25)21-15-4-10-24(22-15)17-20-9-13-26-17/h2-4,7-10,13H,5-6,11-12H2,1H3,(H,21,22,25). The van der Waals surface area contributed by atoms with Crippen LogP contribution in [0.15, 0.2) is 48.4 Å². The Morgan fingerprint density at radius 2 is 1.96 bits per heavy atom. The number of rotatable bonds is 4. The van der Waals surface area contributed by atoms with Crippen molar-refractivity contribution < 1.29 is 4.79 Å². The number of amides is 1. The number of nitrogens with one attached hydrogen (secondary N) is 1. The minimum Gasteiger partial charge on any atom is -0.371 e. The number of nitrogens with zero attached hydrogens (tertiary/aromatic N) is 5. The second-order valence-corrected chi connectivity index (χ2v) is 7.54. The second kappa shape index (κ2) is 6.87. The number of piperidine rings is 1. The fourth-order valence-electron chi connectivity index (χ4n) is 3.13. The third-order valence-electron chi connectivity index (χ3n) is 4.89. The maximum absolute atomic E-state index is 12.8. The van der Waals surface area contributed by atoms with Crippen LogP contribution in [-0.4, -0.2) is 38.7 Å². The van der Waals surface area contributed by atoms with Gasteiger partial charge in [-0.25, -0.2) is 9.67 Å². The molecule has 1 aliphatic heterocycles. The molecule has 0 saturated carbocycles. The molecule has 0 bridgehead atoms. The Morgan fingerprint density at radius 3 is 2.65 bits per heavy atom. The van der Waals surface area contributed by atoms with E-state index in [0.717, 1.165) is 36.8 Å². The number of hydrogen-bond donors (Lipinski definition) is 1. The van der Waals surface area contributed by atoms with Crippen molar-refractivity contribution in [1.29, 1.82) is 0 Å². The van der Waals surface area contributed by atoms with Gasteiger partial charge in [0.15, 0.2) is 5.82 Å². The third kappa shape index (κ3) is 3.32. The van der Waals surface area contributed by atoms with E-state index in [-0.39, 0.29) is 5.91 Å². The maximum atomic E-state index is 12.8. The van der Waals surface area contributed by atoms with Gasteiger partial charge in [0.1, 0.15) is 0 Å². The molecule has 0 spiro atoms. The molecule has 1 fully saturated rings. The topological polar surface area (TPSA) is 75.9 Å². The monoisotopic (exact) mass is 368 g/mol. The minimum absolute atomic E-state index is 0.0243. The average molecular weight is 368 g/mol. The lowest BCUT2D eigenvalue weighted by Gasteiger charge is -2.39. The molecule has 8 heteroatoms. The highest BCUT2D eigenvalue weighted by atomic mass is 32.1. The molecule has 4 rings (SSSR count). The zero-order chi connectivity index (χ0) is 18.0. The smallest absolute Gasteiger partial charge is 0.231 e. The van der Waals surface area contributed by atoms with Gasteiger partial charge in [0.05, 0.1) is 5.41 Å². The fraction of sp³-hybridized carbons (Fsp3) is 0.333. The van der Waals surface area contributed by atoms with Crippen LogP contribution in [0, 0.1) is 5.41 Å². The first-order valence-corrected chi connectivity index (χ1v) is 9.44. The van der Waals surface area contributed by atoms with Crippen molar-refractivity contribution in [2.45, 2.75) is 19.8 Å². The van der Waals surface area contributed by atoms with Crippen LogP contribution in [0.5, 0.6) is 0 Å². The van der Waals surface area contributed by atoms with Gasteiger partial charge in [0, 0.05) is 55.0 Å². The molecule has 1 aliphatic rings. The van der Waals surface area contributed by atoms with Crippen LogP contribution < -0.4 is 10.2 Å². The lowest BCUT2D eigenvalue weighted by molar-refractivity contribution is -0.125. The summed E-state index contributed by atoms with van der Waals surface area (Å²) in [5, 5.41) is 10.0. The number of aromatic nitrogens is 4. The molecule has 134 valence electrons. The maximum Gasteiger partial charge on any atom is 0.231 e. The zero-order valence-corrected chi connectivity index (χ0v) is 15.3. The van der Waals surface area contributed by atoms with Crippen LogP contribution in [0.4, 0.5) is 11.5 Å². The first-order chi connectivity index (χ1) is 12.6. The summed E-state index contributed by atoms with van der Waals surface area (Å²) in [4.78, 5) is 23.4. The molecule has 1 saturated heterocycles. The summed E-state index contributed by atoms with van der Waals surface area (Å²) in [5.74, 6) is 0.583. The Labute approximate surface area is 155 Å². The van der Waals surface area contributed by atoms with E-state index in [9.17, 15) is 4.79 Å². The number of anilines is 2. The van der Waals surface area contributed by atoms with E-state index in [0.29, 0.717) is 5.82 Å². The van der Waals surface area contributed by atoms with Gasteiger partial charge in [-0.15, -0.1) is 16.4 Å². The molecular formula is C18H20N6OS. The Kier molecular flexibility index (Phi) is 4.42. The highest BCUT2D eigenvalue weighted by Crippen LogP contribution is 2.34. The second-order valence-electron chi connectivity index (χ2n) is 6.67. The van der Waals surface area contributed by atoms with Gasteiger partial charge in [0.25, 0.3) is 0 Å². The first-order valence-electron chi connectivity index (χ1n) is 8.56. The van der Waals surface area contributed by atoms with E-state index in [1.807, 2.05) is 30.6 Å². The Balaban J connectivity index is 1.39. The summed E-state index contributed by atoms with van der Waals surface area (Å²) in [6.45, 7) is 3.73. The van der Waals surface area contributed by atoms with E-state index in [1.165, 1.54) is 11.3 Å².